The van der Waals surface area contributed by atoms with Crippen molar-refractivity contribution in [2.45, 2.75) is 6.92 Å². The van der Waals surface area contributed by atoms with Crippen molar-refractivity contribution >= 4 is 27.5 Å². The number of carbonyl (C=O) groups is 1. The van der Waals surface area contributed by atoms with E-state index in [0.717, 1.165) is 0 Å². The maximum absolute atomic E-state index is 11.7. The number of carbonyl (C=O) groups excluding carboxylic acids is 1. The van der Waals surface area contributed by atoms with E-state index in [-0.39, 0.29) is 5.56 Å². The lowest BCUT2D eigenvalue weighted by molar-refractivity contribution is 0.0522. The number of esters is 1. The number of hydrogen-bond acceptors (Lipinski definition) is 5. The van der Waals surface area contributed by atoms with Gasteiger partial charge in [0.15, 0.2) is 11.4 Å². The summed E-state index contributed by atoms with van der Waals surface area (Å²) in [5.41, 5.74) is 0.727. The maximum Gasteiger partial charge on any atom is 0.343 e. The Bertz CT molecular complexity index is 567. The highest BCUT2D eigenvalue weighted by Gasteiger charge is 2.19. The molecule has 0 radical (unpaired) electrons. The minimum atomic E-state index is -0.474. The Morgan fingerprint density at radius 3 is 3.00 bits per heavy atom. The number of halogens is 1. The Labute approximate surface area is 106 Å². The summed E-state index contributed by atoms with van der Waals surface area (Å²) in [6.07, 6.45) is 3.07. The molecule has 0 unspecified atom stereocenters. The monoisotopic (exact) mass is 299 g/mol. The first-order chi connectivity index (χ1) is 8.17. The third-order valence-corrected chi connectivity index (χ3v) is 2.50. The van der Waals surface area contributed by atoms with Gasteiger partial charge in [-0.25, -0.2) is 14.3 Å². The molecule has 2 aromatic heterocycles. The molecule has 7 heteroatoms. The molecule has 17 heavy (non-hydrogen) atoms. The van der Waals surface area contributed by atoms with Crippen LogP contribution in [0.4, 0.5) is 0 Å². The molecule has 0 aliphatic carbocycles. The summed E-state index contributed by atoms with van der Waals surface area (Å²) in [5.74, 6) is -0.123. The van der Waals surface area contributed by atoms with Crippen molar-refractivity contribution in [1.29, 1.82) is 0 Å². The fourth-order valence-electron chi connectivity index (χ4n) is 1.44. The zero-order valence-corrected chi connectivity index (χ0v) is 10.9. The van der Waals surface area contributed by atoms with Crippen LogP contribution in [0.2, 0.25) is 0 Å². The van der Waals surface area contributed by atoms with Crippen LogP contribution in [0, 0.1) is 0 Å². The molecule has 0 N–H and O–H groups in total. The van der Waals surface area contributed by atoms with E-state index in [4.69, 9.17) is 9.47 Å². The normalized spacial score (nSPS) is 10.5. The second-order valence-electron chi connectivity index (χ2n) is 3.14. The lowest BCUT2D eigenvalue weighted by atomic mass is 10.3. The van der Waals surface area contributed by atoms with Crippen LogP contribution in [0.25, 0.3) is 5.65 Å². The standard InChI is InChI=1S/C10H10BrN3O3/c1-3-17-10(15)6-4-12-14-5-7(11)13-9(14)8(6)16-2/h4-5H,3H2,1-2H3. The van der Waals surface area contributed by atoms with E-state index in [1.165, 1.54) is 17.8 Å². The summed E-state index contributed by atoms with van der Waals surface area (Å²) in [6.45, 7) is 2.04. The summed E-state index contributed by atoms with van der Waals surface area (Å²) >= 11 is 3.24. The smallest absolute Gasteiger partial charge is 0.343 e. The predicted molar refractivity (Wildman–Crippen MR) is 63.2 cm³/mol. The van der Waals surface area contributed by atoms with E-state index in [2.05, 4.69) is 26.0 Å². The molecular formula is C10H10BrN3O3. The lowest BCUT2D eigenvalue weighted by Crippen LogP contribution is -2.09. The van der Waals surface area contributed by atoms with Gasteiger partial charge < -0.3 is 9.47 Å². The van der Waals surface area contributed by atoms with E-state index in [1.807, 2.05) is 0 Å². The number of methoxy groups -OCH3 is 1. The average Bonchev–Trinajstić information content (AvgIpc) is 2.68. The molecule has 0 atom stereocenters. The van der Waals surface area contributed by atoms with Crippen molar-refractivity contribution in [2.24, 2.45) is 0 Å². The Balaban J connectivity index is 2.60. The number of hydrogen-bond donors (Lipinski definition) is 0. The zero-order valence-electron chi connectivity index (χ0n) is 9.31. The van der Waals surface area contributed by atoms with Crippen LogP contribution in [0.5, 0.6) is 5.75 Å². The van der Waals surface area contributed by atoms with Gasteiger partial charge in [-0.15, -0.1) is 0 Å². The van der Waals surface area contributed by atoms with Crippen molar-refractivity contribution in [1.82, 2.24) is 14.6 Å². The molecule has 2 aromatic rings. The van der Waals surface area contributed by atoms with Crippen molar-refractivity contribution in [3.63, 3.8) is 0 Å². The zero-order chi connectivity index (χ0) is 12.4. The maximum atomic E-state index is 11.7. The summed E-state index contributed by atoms with van der Waals surface area (Å²) in [6, 6.07) is 0. The second kappa shape index (κ2) is 4.70. The van der Waals surface area contributed by atoms with E-state index < -0.39 is 5.97 Å². The van der Waals surface area contributed by atoms with E-state index in [1.54, 1.807) is 13.1 Å². The third kappa shape index (κ3) is 2.10. The van der Waals surface area contributed by atoms with Gasteiger partial charge in [-0.05, 0) is 22.9 Å². The minimum Gasteiger partial charge on any atom is -0.492 e. The summed E-state index contributed by atoms with van der Waals surface area (Å²) in [5, 5.41) is 4.06. The number of nitrogens with zero attached hydrogens (tertiary/aromatic N) is 3. The van der Waals surface area contributed by atoms with Gasteiger partial charge in [0.25, 0.3) is 0 Å². The third-order valence-electron chi connectivity index (χ3n) is 2.12. The lowest BCUT2D eigenvalue weighted by Gasteiger charge is -2.07. The number of ether oxygens (including phenoxy) is 2. The molecule has 90 valence electrons. The van der Waals surface area contributed by atoms with Crippen molar-refractivity contribution in [3.05, 3.63) is 22.6 Å². The number of rotatable bonds is 3. The van der Waals surface area contributed by atoms with E-state index in [9.17, 15) is 4.79 Å². The SMILES string of the molecule is CCOC(=O)c1cnn2cc(Br)nc2c1OC. The molecule has 0 amide bonds. The van der Waals surface area contributed by atoms with Crippen LogP contribution in [0.15, 0.2) is 17.0 Å². The molecule has 2 heterocycles. The highest BCUT2D eigenvalue weighted by molar-refractivity contribution is 9.10. The van der Waals surface area contributed by atoms with Crippen LogP contribution >= 0.6 is 15.9 Å². The molecule has 0 saturated heterocycles. The topological polar surface area (TPSA) is 65.7 Å². The van der Waals surface area contributed by atoms with E-state index >= 15 is 0 Å². The van der Waals surface area contributed by atoms with Crippen molar-refractivity contribution < 1.29 is 14.3 Å². The Hall–Kier alpha value is -1.63. The predicted octanol–water partition coefficient (Wildman–Crippen LogP) is 1.68. The van der Waals surface area contributed by atoms with Gasteiger partial charge in [-0.1, -0.05) is 0 Å². The number of fused-ring (bicyclic) bond motifs is 1. The van der Waals surface area contributed by atoms with Gasteiger partial charge in [-0.3, -0.25) is 0 Å². The van der Waals surface area contributed by atoms with Crippen LogP contribution in [-0.2, 0) is 4.74 Å². The van der Waals surface area contributed by atoms with Gasteiger partial charge >= 0.3 is 5.97 Å². The molecule has 0 aliphatic rings. The number of aromatic nitrogens is 3. The Morgan fingerprint density at radius 2 is 2.35 bits per heavy atom. The number of imidazole rings is 1. The molecule has 0 aromatic carbocycles. The quantitative estimate of drug-likeness (QED) is 0.807. The molecule has 2 rings (SSSR count). The molecule has 0 aliphatic heterocycles. The van der Waals surface area contributed by atoms with Gasteiger partial charge in [0, 0.05) is 0 Å². The van der Waals surface area contributed by atoms with Crippen LogP contribution in [-0.4, -0.2) is 34.3 Å². The van der Waals surface area contributed by atoms with Gasteiger partial charge in [-0.2, -0.15) is 5.10 Å². The van der Waals surface area contributed by atoms with Gasteiger partial charge in [0.1, 0.15) is 10.2 Å². The van der Waals surface area contributed by atoms with Gasteiger partial charge in [0.05, 0.1) is 26.1 Å². The Morgan fingerprint density at radius 1 is 1.59 bits per heavy atom. The average molecular weight is 300 g/mol. The summed E-state index contributed by atoms with van der Waals surface area (Å²) in [4.78, 5) is 15.9. The second-order valence-corrected chi connectivity index (χ2v) is 3.96. The van der Waals surface area contributed by atoms with Crippen LogP contribution in [0.3, 0.4) is 0 Å². The van der Waals surface area contributed by atoms with Crippen molar-refractivity contribution in [2.75, 3.05) is 13.7 Å². The fourth-order valence-corrected chi connectivity index (χ4v) is 1.80. The van der Waals surface area contributed by atoms with Crippen LogP contribution in [0.1, 0.15) is 17.3 Å². The Kier molecular flexibility index (Phi) is 3.28. The van der Waals surface area contributed by atoms with Crippen molar-refractivity contribution in [3.8, 4) is 5.75 Å². The first-order valence-corrected chi connectivity index (χ1v) is 5.71. The molecule has 0 fully saturated rings. The first-order valence-electron chi connectivity index (χ1n) is 4.92. The molecule has 0 saturated carbocycles. The van der Waals surface area contributed by atoms with E-state index in [0.29, 0.717) is 22.6 Å². The van der Waals surface area contributed by atoms with Gasteiger partial charge in [0.2, 0.25) is 0 Å². The fraction of sp³-hybridized carbons (Fsp3) is 0.300. The molecule has 6 nitrogen and oxygen atoms in total. The summed E-state index contributed by atoms with van der Waals surface area (Å²) in [7, 11) is 1.47. The molecule has 0 bridgehead atoms. The molecule has 0 spiro atoms. The largest absolute Gasteiger partial charge is 0.492 e. The minimum absolute atomic E-state index is 0.264. The highest BCUT2D eigenvalue weighted by Crippen LogP contribution is 2.25. The molecular weight excluding hydrogens is 290 g/mol. The first kappa shape index (κ1) is 11.8. The highest BCUT2D eigenvalue weighted by atomic mass is 79.9. The van der Waals surface area contributed by atoms with Crippen LogP contribution < -0.4 is 4.74 Å². The summed E-state index contributed by atoms with van der Waals surface area (Å²) < 4.78 is 12.2.